The quantitative estimate of drug-likeness (QED) is 0.493. The molecule has 8 nitrogen and oxygen atoms in total. The number of rotatable bonds is 6. The summed E-state index contributed by atoms with van der Waals surface area (Å²) in [5.41, 5.74) is 1.82. The van der Waals surface area contributed by atoms with E-state index in [0.29, 0.717) is 35.7 Å². The standard InChI is InChI=1S/C20H16F3N7O/c1-12-10-26-18-16(29-12)17(27-11-28-18)24-8-6-13-2-4-14(5-3-13)31-19-25-9-7-15(30-19)20(21,22)23/h2-5,7,9-11H,6,8H2,1H3,(H,24,26,27,28). The fourth-order valence-electron chi connectivity index (χ4n) is 2.76. The van der Waals surface area contributed by atoms with Crippen molar-refractivity contribution in [1.82, 2.24) is 29.9 Å². The van der Waals surface area contributed by atoms with Crippen molar-refractivity contribution in [2.75, 3.05) is 11.9 Å². The van der Waals surface area contributed by atoms with E-state index in [-0.39, 0.29) is 6.01 Å². The fraction of sp³-hybridized carbons (Fsp3) is 0.200. The van der Waals surface area contributed by atoms with E-state index in [1.807, 2.05) is 19.1 Å². The van der Waals surface area contributed by atoms with Gasteiger partial charge in [-0.15, -0.1) is 0 Å². The highest BCUT2D eigenvalue weighted by molar-refractivity contribution is 5.81. The number of aryl methyl sites for hydroxylation is 1. The van der Waals surface area contributed by atoms with E-state index in [2.05, 4.69) is 35.2 Å². The van der Waals surface area contributed by atoms with Crippen LogP contribution in [0.3, 0.4) is 0 Å². The van der Waals surface area contributed by atoms with E-state index >= 15 is 0 Å². The van der Waals surface area contributed by atoms with Gasteiger partial charge < -0.3 is 10.1 Å². The lowest BCUT2D eigenvalue weighted by atomic mass is 10.1. The van der Waals surface area contributed by atoms with Gasteiger partial charge in [0, 0.05) is 12.7 Å². The van der Waals surface area contributed by atoms with E-state index in [1.165, 1.54) is 6.33 Å². The maximum Gasteiger partial charge on any atom is 0.433 e. The molecule has 0 saturated heterocycles. The fourth-order valence-corrected chi connectivity index (χ4v) is 2.76. The molecule has 3 heterocycles. The van der Waals surface area contributed by atoms with E-state index < -0.39 is 11.9 Å². The van der Waals surface area contributed by atoms with Crippen molar-refractivity contribution in [3.63, 3.8) is 0 Å². The molecule has 11 heteroatoms. The van der Waals surface area contributed by atoms with Gasteiger partial charge in [0.25, 0.3) is 0 Å². The topological polar surface area (TPSA) is 98.6 Å². The van der Waals surface area contributed by atoms with Gasteiger partial charge in [-0.2, -0.15) is 18.2 Å². The van der Waals surface area contributed by atoms with Crippen molar-refractivity contribution in [2.24, 2.45) is 0 Å². The third-order valence-corrected chi connectivity index (χ3v) is 4.23. The van der Waals surface area contributed by atoms with Crippen LogP contribution in [0.5, 0.6) is 11.8 Å². The van der Waals surface area contributed by atoms with Gasteiger partial charge in [0.05, 0.1) is 11.9 Å². The van der Waals surface area contributed by atoms with Gasteiger partial charge in [-0.3, -0.25) is 0 Å². The molecule has 0 amide bonds. The van der Waals surface area contributed by atoms with Gasteiger partial charge in [0.2, 0.25) is 0 Å². The number of alkyl halides is 3. The lowest BCUT2D eigenvalue weighted by molar-refractivity contribution is -0.141. The Bertz CT molecular complexity index is 1200. The maximum atomic E-state index is 12.7. The van der Waals surface area contributed by atoms with Gasteiger partial charge in [-0.1, -0.05) is 12.1 Å². The summed E-state index contributed by atoms with van der Waals surface area (Å²) in [6, 6.07) is 7.34. The zero-order valence-electron chi connectivity index (χ0n) is 16.3. The first kappa shape index (κ1) is 20.4. The number of aromatic nitrogens is 6. The Morgan fingerprint density at radius 1 is 0.968 bits per heavy atom. The van der Waals surface area contributed by atoms with Gasteiger partial charge >= 0.3 is 12.2 Å². The van der Waals surface area contributed by atoms with Gasteiger partial charge in [-0.25, -0.2) is 24.9 Å². The summed E-state index contributed by atoms with van der Waals surface area (Å²) in [4.78, 5) is 24.1. The van der Waals surface area contributed by atoms with E-state index in [0.717, 1.165) is 23.5 Å². The van der Waals surface area contributed by atoms with Crippen LogP contribution < -0.4 is 10.1 Å². The number of nitrogens with one attached hydrogen (secondary N) is 1. The normalized spacial score (nSPS) is 11.5. The molecule has 1 aromatic carbocycles. The summed E-state index contributed by atoms with van der Waals surface area (Å²) in [7, 11) is 0. The van der Waals surface area contributed by atoms with Gasteiger partial charge in [-0.05, 0) is 37.1 Å². The zero-order chi connectivity index (χ0) is 21.8. The summed E-state index contributed by atoms with van der Waals surface area (Å²) in [5.74, 6) is 0.937. The molecule has 31 heavy (non-hydrogen) atoms. The molecule has 0 atom stereocenters. The van der Waals surface area contributed by atoms with Gasteiger partial charge in [0.1, 0.15) is 12.1 Å². The Morgan fingerprint density at radius 3 is 2.55 bits per heavy atom. The van der Waals surface area contributed by atoms with Crippen molar-refractivity contribution in [1.29, 1.82) is 0 Å². The van der Waals surface area contributed by atoms with Crippen molar-refractivity contribution in [3.05, 3.63) is 66.0 Å². The van der Waals surface area contributed by atoms with Crippen molar-refractivity contribution in [3.8, 4) is 11.8 Å². The number of hydrogen-bond donors (Lipinski definition) is 1. The van der Waals surface area contributed by atoms with Crippen LogP contribution in [0.4, 0.5) is 19.0 Å². The van der Waals surface area contributed by atoms with Crippen LogP contribution in [-0.4, -0.2) is 36.4 Å². The molecule has 4 aromatic rings. The Morgan fingerprint density at radius 2 is 1.77 bits per heavy atom. The molecule has 3 aromatic heterocycles. The minimum atomic E-state index is -4.56. The van der Waals surface area contributed by atoms with Crippen molar-refractivity contribution in [2.45, 2.75) is 19.5 Å². The molecule has 0 radical (unpaired) electrons. The van der Waals surface area contributed by atoms with Gasteiger partial charge in [0.15, 0.2) is 22.7 Å². The third-order valence-electron chi connectivity index (χ3n) is 4.23. The number of ether oxygens (including phenoxy) is 1. The molecular weight excluding hydrogens is 411 g/mol. The monoisotopic (exact) mass is 427 g/mol. The second kappa shape index (κ2) is 8.46. The molecule has 0 aliphatic heterocycles. The van der Waals surface area contributed by atoms with E-state index in [1.54, 1.807) is 18.3 Å². The molecule has 0 fully saturated rings. The minimum Gasteiger partial charge on any atom is -0.424 e. The predicted molar refractivity (Wildman–Crippen MR) is 106 cm³/mol. The third kappa shape index (κ3) is 5.00. The highest BCUT2D eigenvalue weighted by Gasteiger charge is 2.33. The molecule has 0 saturated carbocycles. The van der Waals surface area contributed by atoms with Crippen LogP contribution in [0.1, 0.15) is 17.0 Å². The zero-order valence-corrected chi connectivity index (χ0v) is 16.3. The molecular formula is C20H16F3N7O. The number of hydrogen-bond acceptors (Lipinski definition) is 8. The second-order valence-corrected chi connectivity index (χ2v) is 6.55. The highest BCUT2D eigenvalue weighted by atomic mass is 19.4. The first-order chi connectivity index (χ1) is 14.9. The van der Waals surface area contributed by atoms with Crippen LogP contribution in [0.25, 0.3) is 11.2 Å². The molecule has 0 aliphatic carbocycles. The Labute approximate surface area is 174 Å². The summed E-state index contributed by atoms with van der Waals surface area (Å²) in [5, 5.41) is 3.23. The summed E-state index contributed by atoms with van der Waals surface area (Å²) in [6.45, 7) is 2.43. The first-order valence-corrected chi connectivity index (χ1v) is 9.24. The largest absolute Gasteiger partial charge is 0.433 e. The van der Waals surface area contributed by atoms with Crippen LogP contribution in [-0.2, 0) is 12.6 Å². The van der Waals surface area contributed by atoms with Crippen LogP contribution >= 0.6 is 0 Å². The summed E-state index contributed by atoms with van der Waals surface area (Å²) >= 11 is 0. The number of halogens is 3. The van der Waals surface area contributed by atoms with Crippen LogP contribution in [0.2, 0.25) is 0 Å². The van der Waals surface area contributed by atoms with E-state index in [4.69, 9.17) is 4.74 Å². The minimum absolute atomic E-state index is 0.337. The smallest absolute Gasteiger partial charge is 0.424 e. The Balaban J connectivity index is 1.37. The van der Waals surface area contributed by atoms with Crippen molar-refractivity contribution >= 4 is 17.0 Å². The molecule has 4 rings (SSSR count). The molecule has 0 unspecified atom stereocenters. The lowest BCUT2D eigenvalue weighted by Gasteiger charge is -2.09. The van der Waals surface area contributed by atoms with Crippen LogP contribution in [0.15, 0.2) is 49.1 Å². The molecule has 158 valence electrons. The van der Waals surface area contributed by atoms with E-state index in [9.17, 15) is 13.2 Å². The predicted octanol–water partition coefficient (Wildman–Crippen LogP) is 3.98. The second-order valence-electron chi connectivity index (χ2n) is 6.55. The summed E-state index contributed by atoms with van der Waals surface area (Å²) in [6.07, 6.45) is 0.194. The first-order valence-electron chi connectivity index (χ1n) is 9.24. The van der Waals surface area contributed by atoms with Crippen molar-refractivity contribution < 1.29 is 17.9 Å². The maximum absolute atomic E-state index is 12.7. The average molecular weight is 427 g/mol. The van der Waals surface area contributed by atoms with Crippen LogP contribution in [0, 0.1) is 6.92 Å². The molecule has 1 N–H and O–H groups in total. The summed E-state index contributed by atoms with van der Waals surface area (Å²) < 4.78 is 43.6. The molecule has 0 aliphatic rings. The highest BCUT2D eigenvalue weighted by Crippen LogP contribution is 2.29. The molecule has 0 spiro atoms. The Kier molecular flexibility index (Phi) is 5.56. The average Bonchev–Trinajstić information content (AvgIpc) is 2.75. The number of benzene rings is 1. The lowest BCUT2D eigenvalue weighted by Crippen LogP contribution is -2.09. The number of fused-ring (bicyclic) bond motifs is 1. The molecule has 0 bridgehead atoms. The SMILES string of the molecule is Cc1cnc2ncnc(NCCc3ccc(Oc4nccc(C(F)(F)F)n4)cc3)c2n1. The number of anilines is 1. The Hall–Kier alpha value is -3.89. The number of nitrogens with zero attached hydrogens (tertiary/aromatic N) is 6.